The monoisotopic (exact) mass is 168 g/mol. The van der Waals surface area contributed by atoms with Crippen LogP contribution in [0.4, 0.5) is 0 Å². The molecule has 0 bridgehead atoms. The van der Waals surface area contributed by atoms with Gasteiger partial charge in [-0.25, -0.2) is 4.79 Å². The summed E-state index contributed by atoms with van der Waals surface area (Å²) in [5.41, 5.74) is 0.629. The van der Waals surface area contributed by atoms with Gasteiger partial charge in [-0.2, -0.15) is 0 Å². The summed E-state index contributed by atoms with van der Waals surface area (Å²) in [6.45, 7) is 4.04. The largest absolute Gasteiger partial charge is 0.389 e. The lowest BCUT2D eigenvalue weighted by molar-refractivity contribution is -0.157. The van der Waals surface area contributed by atoms with Crippen molar-refractivity contribution in [2.45, 2.75) is 26.7 Å². The van der Waals surface area contributed by atoms with Crippen LogP contribution in [0.15, 0.2) is 11.6 Å². The lowest BCUT2D eigenvalue weighted by atomic mass is 10.0. The molecule has 0 radical (unpaired) electrons. The molecule has 0 aromatic carbocycles. The fourth-order valence-electron chi connectivity index (χ4n) is 1.11. The molecule has 0 unspecified atom stereocenters. The Morgan fingerprint density at radius 2 is 2.17 bits per heavy atom. The highest BCUT2D eigenvalue weighted by Gasteiger charge is 2.20. The van der Waals surface area contributed by atoms with Gasteiger partial charge >= 0.3 is 11.9 Å². The summed E-state index contributed by atoms with van der Waals surface area (Å²) in [4.78, 5) is 21.6. The molecule has 0 saturated carbocycles. The third-order valence-corrected chi connectivity index (χ3v) is 1.61. The van der Waals surface area contributed by atoms with Crippen molar-refractivity contribution in [3.05, 3.63) is 11.6 Å². The number of carbonyl (C=O) groups is 2. The Labute approximate surface area is 71.4 Å². The van der Waals surface area contributed by atoms with Gasteiger partial charge in [-0.05, 0) is 12.3 Å². The normalized spacial score (nSPS) is 17.8. The van der Waals surface area contributed by atoms with Crippen molar-refractivity contribution in [3.63, 3.8) is 0 Å². The predicted octanol–water partition coefficient (Wildman–Crippen LogP) is 1.43. The highest BCUT2D eigenvalue weighted by Crippen LogP contribution is 2.16. The Morgan fingerprint density at radius 3 is 2.67 bits per heavy atom. The molecule has 12 heavy (non-hydrogen) atoms. The van der Waals surface area contributed by atoms with Gasteiger partial charge < -0.3 is 4.74 Å². The van der Waals surface area contributed by atoms with Crippen LogP contribution in [0.25, 0.3) is 0 Å². The van der Waals surface area contributed by atoms with Crippen LogP contribution in [0.2, 0.25) is 0 Å². The highest BCUT2D eigenvalue weighted by atomic mass is 16.6. The summed E-state index contributed by atoms with van der Waals surface area (Å²) in [7, 11) is 0. The molecule has 0 N–H and O–H groups in total. The van der Waals surface area contributed by atoms with Crippen LogP contribution in [-0.2, 0) is 14.3 Å². The van der Waals surface area contributed by atoms with Gasteiger partial charge in [0.15, 0.2) is 0 Å². The van der Waals surface area contributed by atoms with Crippen LogP contribution in [0.1, 0.15) is 26.7 Å². The van der Waals surface area contributed by atoms with Crippen molar-refractivity contribution < 1.29 is 14.3 Å². The van der Waals surface area contributed by atoms with E-state index in [-0.39, 0.29) is 6.42 Å². The van der Waals surface area contributed by atoms with Crippen molar-refractivity contribution >= 4 is 11.9 Å². The van der Waals surface area contributed by atoms with Gasteiger partial charge in [-0.15, -0.1) is 0 Å². The fourth-order valence-corrected chi connectivity index (χ4v) is 1.11. The molecule has 66 valence electrons. The number of ether oxygens (including phenoxy) is 1. The zero-order chi connectivity index (χ0) is 9.14. The summed E-state index contributed by atoms with van der Waals surface area (Å²) in [5, 5.41) is 0. The Bertz CT molecular complexity index is 238. The smallest absolute Gasteiger partial charge is 0.341 e. The SMILES string of the molecule is CC(C)CC1=CCC(=O)OC1=O. The molecule has 0 aliphatic carbocycles. The number of hydrogen-bond donors (Lipinski definition) is 0. The zero-order valence-corrected chi connectivity index (χ0v) is 7.29. The van der Waals surface area contributed by atoms with E-state index in [1.165, 1.54) is 0 Å². The Kier molecular flexibility index (Phi) is 2.63. The molecule has 0 aromatic rings. The van der Waals surface area contributed by atoms with E-state index >= 15 is 0 Å². The minimum absolute atomic E-state index is 0.230. The van der Waals surface area contributed by atoms with E-state index < -0.39 is 11.9 Å². The topological polar surface area (TPSA) is 43.4 Å². The molecule has 0 atom stereocenters. The summed E-state index contributed by atoms with van der Waals surface area (Å²) in [6.07, 6.45) is 2.58. The molecule has 0 aromatic heterocycles. The lowest BCUT2D eigenvalue weighted by Crippen LogP contribution is -2.19. The van der Waals surface area contributed by atoms with Crippen LogP contribution in [0.5, 0.6) is 0 Å². The maximum atomic E-state index is 11.0. The molecule has 3 nitrogen and oxygen atoms in total. The second-order valence-electron chi connectivity index (χ2n) is 3.29. The number of carbonyl (C=O) groups excluding carboxylic acids is 2. The first kappa shape index (κ1) is 8.97. The first-order valence-corrected chi connectivity index (χ1v) is 4.03. The van der Waals surface area contributed by atoms with E-state index in [2.05, 4.69) is 4.74 Å². The molecule has 1 heterocycles. The van der Waals surface area contributed by atoms with Crippen molar-refractivity contribution in [3.8, 4) is 0 Å². The van der Waals surface area contributed by atoms with Gasteiger partial charge in [0.2, 0.25) is 0 Å². The average Bonchev–Trinajstić information content (AvgIpc) is 1.94. The van der Waals surface area contributed by atoms with Crippen LogP contribution in [0, 0.1) is 5.92 Å². The Morgan fingerprint density at radius 1 is 1.50 bits per heavy atom. The summed E-state index contributed by atoms with van der Waals surface area (Å²) in [6, 6.07) is 0. The maximum Gasteiger partial charge on any atom is 0.341 e. The molecule has 0 saturated heterocycles. The Balaban J connectivity index is 2.64. The molecule has 1 aliphatic rings. The second-order valence-corrected chi connectivity index (χ2v) is 3.29. The number of rotatable bonds is 2. The minimum atomic E-state index is -0.472. The van der Waals surface area contributed by atoms with Gasteiger partial charge in [-0.1, -0.05) is 19.9 Å². The van der Waals surface area contributed by atoms with Crippen LogP contribution >= 0.6 is 0 Å². The molecule has 0 spiro atoms. The van der Waals surface area contributed by atoms with E-state index in [0.717, 1.165) is 0 Å². The lowest BCUT2D eigenvalue weighted by Gasteiger charge is -2.12. The van der Waals surface area contributed by atoms with Gasteiger partial charge in [-0.3, -0.25) is 4.79 Å². The molecular formula is C9H12O3. The number of esters is 2. The number of cyclic esters (lactones) is 2. The van der Waals surface area contributed by atoms with Crippen molar-refractivity contribution in [1.29, 1.82) is 0 Å². The van der Waals surface area contributed by atoms with E-state index in [9.17, 15) is 9.59 Å². The molecule has 1 aliphatic heterocycles. The van der Waals surface area contributed by atoms with Crippen LogP contribution < -0.4 is 0 Å². The maximum absolute atomic E-state index is 11.0. The molecular weight excluding hydrogens is 156 g/mol. The molecule has 3 heteroatoms. The van der Waals surface area contributed by atoms with Crippen molar-refractivity contribution in [1.82, 2.24) is 0 Å². The molecule has 0 amide bonds. The Hall–Kier alpha value is -1.12. The summed E-state index contributed by atoms with van der Waals surface area (Å²) >= 11 is 0. The molecule has 1 rings (SSSR count). The first-order valence-electron chi connectivity index (χ1n) is 4.03. The van der Waals surface area contributed by atoms with E-state index in [0.29, 0.717) is 17.9 Å². The summed E-state index contributed by atoms with van der Waals surface area (Å²) in [5.74, 6) is -0.510. The standard InChI is InChI=1S/C9H12O3/c1-6(2)5-7-3-4-8(10)12-9(7)11/h3,6H,4-5H2,1-2H3. The van der Waals surface area contributed by atoms with E-state index in [1.807, 2.05) is 13.8 Å². The van der Waals surface area contributed by atoms with E-state index in [4.69, 9.17) is 0 Å². The van der Waals surface area contributed by atoms with Crippen molar-refractivity contribution in [2.75, 3.05) is 0 Å². The van der Waals surface area contributed by atoms with E-state index in [1.54, 1.807) is 6.08 Å². The number of hydrogen-bond acceptors (Lipinski definition) is 3. The van der Waals surface area contributed by atoms with Gasteiger partial charge in [0, 0.05) is 5.57 Å². The van der Waals surface area contributed by atoms with Crippen LogP contribution in [0.3, 0.4) is 0 Å². The highest BCUT2D eigenvalue weighted by molar-refractivity contribution is 5.99. The second kappa shape index (κ2) is 3.52. The quantitative estimate of drug-likeness (QED) is 0.462. The van der Waals surface area contributed by atoms with Crippen molar-refractivity contribution in [2.24, 2.45) is 5.92 Å². The predicted molar refractivity (Wildman–Crippen MR) is 43.3 cm³/mol. The summed E-state index contributed by atoms with van der Waals surface area (Å²) < 4.78 is 4.45. The third kappa shape index (κ3) is 2.19. The third-order valence-electron chi connectivity index (χ3n) is 1.61. The average molecular weight is 168 g/mol. The first-order chi connectivity index (χ1) is 5.59. The fraction of sp³-hybridized carbons (Fsp3) is 0.556. The van der Waals surface area contributed by atoms with Gasteiger partial charge in [0.1, 0.15) is 0 Å². The van der Waals surface area contributed by atoms with Crippen LogP contribution in [-0.4, -0.2) is 11.9 Å². The minimum Gasteiger partial charge on any atom is -0.389 e. The zero-order valence-electron chi connectivity index (χ0n) is 7.29. The van der Waals surface area contributed by atoms with Gasteiger partial charge in [0.25, 0.3) is 0 Å². The molecule has 0 fully saturated rings. The van der Waals surface area contributed by atoms with Gasteiger partial charge in [0.05, 0.1) is 6.42 Å².